The first kappa shape index (κ1) is 22.8. The quantitative estimate of drug-likeness (QED) is 0.383. The van der Waals surface area contributed by atoms with Crippen LogP contribution in [0.4, 0.5) is 5.82 Å². The second kappa shape index (κ2) is 10.0. The molecule has 0 saturated carbocycles. The third kappa shape index (κ3) is 4.82. The lowest BCUT2D eigenvalue weighted by molar-refractivity contribution is -0.115. The summed E-state index contributed by atoms with van der Waals surface area (Å²) in [7, 11) is 4.60. The van der Waals surface area contributed by atoms with Crippen LogP contribution in [0.3, 0.4) is 0 Å². The van der Waals surface area contributed by atoms with Gasteiger partial charge in [-0.1, -0.05) is 6.92 Å². The predicted molar refractivity (Wildman–Crippen MR) is 124 cm³/mol. The van der Waals surface area contributed by atoms with Gasteiger partial charge in [0.1, 0.15) is 12.1 Å². The van der Waals surface area contributed by atoms with Crippen LogP contribution in [0.25, 0.3) is 10.9 Å². The van der Waals surface area contributed by atoms with E-state index in [4.69, 9.17) is 18.9 Å². The zero-order valence-corrected chi connectivity index (χ0v) is 19.2. The van der Waals surface area contributed by atoms with Crippen molar-refractivity contribution in [2.45, 2.75) is 19.8 Å². The highest BCUT2D eigenvalue weighted by molar-refractivity contribution is 5.91. The number of ether oxygens (including phenoxy) is 4. The molecule has 0 unspecified atom stereocenters. The van der Waals surface area contributed by atoms with E-state index in [-0.39, 0.29) is 12.3 Å². The van der Waals surface area contributed by atoms with E-state index in [9.17, 15) is 4.79 Å². The number of carbonyl (C=O) groups is 1. The standard InChI is InChI=1S/C23H24N6O5/c1-5-13-6-21(29-28-13)27-22(30)10-17-18(31-2)7-14(11-24-17)34-23-15-8-19(32-3)20(33-4)9-16(15)25-12-26-23/h6-9,11-12H,5,10H2,1-4H3,(H2,27,28,29,30). The van der Waals surface area contributed by atoms with Crippen molar-refractivity contribution < 1.29 is 23.7 Å². The summed E-state index contributed by atoms with van der Waals surface area (Å²) in [6, 6.07) is 6.92. The number of methoxy groups -OCH3 is 3. The number of hydrogen-bond acceptors (Lipinski definition) is 9. The Balaban J connectivity index is 1.54. The molecule has 0 aliphatic carbocycles. The highest BCUT2D eigenvalue weighted by Gasteiger charge is 2.16. The molecule has 0 atom stereocenters. The number of nitrogens with one attached hydrogen (secondary N) is 2. The third-order valence-corrected chi connectivity index (χ3v) is 5.05. The Hall–Kier alpha value is -4.41. The van der Waals surface area contributed by atoms with Crippen LogP contribution in [0, 0.1) is 0 Å². The Morgan fingerprint density at radius 2 is 1.74 bits per heavy atom. The number of H-pyrrole nitrogens is 1. The number of hydrogen-bond donors (Lipinski definition) is 2. The maximum atomic E-state index is 12.5. The molecule has 11 heteroatoms. The lowest BCUT2D eigenvalue weighted by Gasteiger charge is -2.13. The molecular weight excluding hydrogens is 440 g/mol. The maximum Gasteiger partial charge on any atom is 0.231 e. The van der Waals surface area contributed by atoms with E-state index < -0.39 is 0 Å². The fourth-order valence-corrected chi connectivity index (χ4v) is 3.32. The van der Waals surface area contributed by atoms with E-state index >= 15 is 0 Å². The summed E-state index contributed by atoms with van der Waals surface area (Å²) < 4.78 is 22.1. The molecule has 0 aliphatic heterocycles. The van der Waals surface area contributed by atoms with E-state index in [1.165, 1.54) is 19.6 Å². The molecule has 0 spiro atoms. The number of aromatic amines is 1. The van der Waals surface area contributed by atoms with Gasteiger partial charge in [-0.25, -0.2) is 9.97 Å². The van der Waals surface area contributed by atoms with Crippen molar-refractivity contribution in [2.75, 3.05) is 26.6 Å². The molecule has 4 rings (SSSR count). The van der Waals surface area contributed by atoms with E-state index in [0.717, 1.165) is 12.1 Å². The Labute approximate surface area is 195 Å². The molecule has 0 radical (unpaired) electrons. The third-order valence-electron chi connectivity index (χ3n) is 5.05. The SMILES string of the molecule is CCc1cc(NC(=O)Cc2ncc(Oc3ncnc4cc(OC)c(OC)cc34)cc2OC)n[nH]1. The molecule has 4 aromatic rings. The lowest BCUT2D eigenvalue weighted by atomic mass is 10.2. The van der Waals surface area contributed by atoms with Crippen molar-refractivity contribution in [3.63, 3.8) is 0 Å². The fraction of sp³-hybridized carbons (Fsp3) is 0.261. The van der Waals surface area contributed by atoms with E-state index in [1.54, 1.807) is 38.5 Å². The smallest absolute Gasteiger partial charge is 0.231 e. The van der Waals surface area contributed by atoms with Crippen molar-refractivity contribution in [1.29, 1.82) is 0 Å². The number of benzene rings is 1. The van der Waals surface area contributed by atoms with E-state index in [0.29, 0.717) is 51.3 Å². The number of nitrogens with zero attached hydrogens (tertiary/aromatic N) is 4. The van der Waals surface area contributed by atoms with E-state index in [2.05, 4.69) is 30.5 Å². The lowest BCUT2D eigenvalue weighted by Crippen LogP contribution is -2.16. The first-order chi connectivity index (χ1) is 16.5. The Kier molecular flexibility index (Phi) is 6.72. The predicted octanol–water partition coefficient (Wildman–Crippen LogP) is 3.31. The van der Waals surface area contributed by atoms with Crippen molar-refractivity contribution in [2.24, 2.45) is 0 Å². The zero-order chi connectivity index (χ0) is 24.1. The van der Waals surface area contributed by atoms with Crippen molar-refractivity contribution >= 4 is 22.6 Å². The molecule has 11 nitrogen and oxygen atoms in total. The van der Waals surface area contributed by atoms with Crippen molar-refractivity contribution in [3.8, 4) is 28.9 Å². The van der Waals surface area contributed by atoms with E-state index in [1.807, 2.05) is 6.92 Å². The molecule has 1 aromatic carbocycles. The molecule has 34 heavy (non-hydrogen) atoms. The molecule has 1 amide bonds. The van der Waals surface area contributed by atoms with Gasteiger partial charge in [0.2, 0.25) is 11.8 Å². The number of carbonyl (C=O) groups excluding carboxylic acids is 1. The van der Waals surface area contributed by atoms with Crippen LogP contribution in [0.1, 0.15) is 18.3 Å². The van der Waals surface area contributed by atoms with Crippen LogP contribution in [0.5, 0.6) is 28.9 Å². The topological polar surface area (TPSA) is 133 Å². The summed E-state index contributed by atoms with van der Waals surface area (Å²) in [6.45, 7) is 2.00. The number of aromatic nitrogens is 5. The van der Waals surface area contributed by atoms with Crippen LogP contribution in [0.2, 0.25) is 0 Å². The second-order valence-electron chi connectivity index (χ2n) is 7.18. The highest BCUT2D eigenvalue weighted by Crippen LogP contribution is 2.36. The first-order valence-electron chi connectivity index (χ1n) is 10.5. The van der Waals surface area contributed by atoms with Gasteiger partial charge in [-0.15, -0.1) is 0 Å². The zero-order valence-electron chi connectivity index (χ0n) is 19.2. The van der Waals surface area contributed by atoms with Crippen molar-refractivity contribution in [3.05, 3.63) is 48.2 Å². The summed E-state index contributed by atoms with van der Waals surface area (Å²) in [5.41, 5.74) is 2.01. The molecule has 0 fully saturated rings. The number of fused-ring (bicyclic) bond motifs is 1. The van der Waals surface area contributed by atoms with Gasteiger partial charge in [0.15, 0.2) is 23.1 Å². The average Bonchev–Trinajstić information content (AvgIpc) is 3.31. The van der Waals surface area contributed by atoms with Gasteiger partial charge in [-0.2, -0.15) is 5.10 Å². The minimum absolute atomic E-state index is 0.00516. The van der Waals surface area contributed by atoms with Crippen LogP contribution in [-0.4, -0.2) is 52.4 Å². The molecule has 2 N–H and O–H groups in total. The molecule has 0 bridgehead atoms. The summed E-state index contributed by atoms with van der Waals surface area (Å²) in [6.07, 6.45) is 3.70. The monoisotopic (exact) mass is 464 g/mol. The van der Waals surface area contributed by atoms with Gasteiger partial charge in [0, 0.05) is 23.9 Å². The van der Waals surface area contributed by atoms with Gasteiger partial charge in [0.05, 0.1) is 50.5 Å². The summed E-state index contributed by atoms with van der Waals surface area (Å²) >= 11 is 0. The minimum atomic E-state index is -0.267. The number of pyridine rings is 1. The van der Waals surface area contributed by atoms with Crippen molar-refractivity contribution in [1.82, 2.24) is 25.1 Å². The first-order valence-corrected chi connectivity index (χ1v) is 10.5. The number of rotatable bonds is 9. The Morgan fingerprint density at radius 1 is 0.971 bits per heavy atom. The van der Waals surface area contributed by atoms with Crippen LogP contribution in [-0.2, 0) is 17.6 Å². The van der Waals surface area contributed by atoms with Gasteiger partial charge in [0.25, 0.3) is 0 Å². The molecule has 176 valence electrons. The molecular formula is C23H24N6O5. The Morgan fingerprint density at radius 3 is 2.44 bits per heavy atom. The number of amides is 1. The van der Waals surface area contributed by atoms with Gasteiger partial charge >= 0.3 is 0 Å². The Bertz CT molecular complexity index is 1320. The van der Waals surface area contributed by atoms with Gasteiger partial charge in [-0.05, 0) is 12.5 Å². The summed E-state index contributed by atoms with van der Waals surface area (Å²) in [5, 5.41) is 10.3. The molecule has 0 saturated heterocycles. The summed E-state index contributed by atoms with van der Waals surface area (Å²) in [5.74, 6) is 2.36. The normalized spacial score (nSPS) is 10.7. The number of aryl methyl sites for hydroxylation is 1. The van der Waals surface area contributed by atoms with Crippen LogP contribution < -0.4 is 24.3 Å². The summed E-state index contributed by atoms with van der Waals surface area (Å²) in [4.78, 5) is 25.3. The second-order valence-corrected chi connectivity index (χ2v) is 7.18. The highest BCUT2D eigenvalue weighted by atomic mass is 16.5. The minimum Gasteiger partial charge on any atom is -0.495 e. The largest absolute Gasteiger partial charge is 0.495 e. The fourth-order valence-electron chi connectivity index (χ4n) is 3.32. The average molecular weight is 464 g/mol. The number of anilines is 1. The molecule has 3 heterocycles. The maximum absolute atomic E-state index is 12.5. The molecule has 0 aliphatic rings. The van der Waals surface area contributed by atoms with Gasteiger partial charge < -0.3 is 24.3 Å². The molecule has 3 aromatic heterocycles. The van der Waals surface area contributed by atoms with Crippen LogP contribution >= 0.6 is 0 Å². The van der Waals surface area contributed by atoms with Gasteiger partial charge in [-0.3, -0.25) is 14.9 Å². The van der Waals surface area contributed by atoms with Crippen LogP contribution in [0.15, 0.2) is 36.8 Å².